The molecule has 2 bridgehead atoms. The van der Waals surface area contributed by atoms with Crippen LogP contribution in [0.2, 0.25) is 0 Å². The fraction of sp³-hybridized carbons (Fsp3) is 0.420. The van der Waals surface area contributed by atoms with Crippen molar-refractivity contribution >= 4 is 64.4 Å². The number of fused-ring (bicyclic) bond motifs is 4. The van der Waals surface area contributed by atoms with Crippen molar-refractivity contribution in [3.63, 3.8) is 0 Å². The zero-order valence-corrected chi connectivity index (χ0v) is 38.4. The summed E-state index contributed by atoms with van der Waals surface area (Å²) in [7, 11) is 0. The Balaban J connectivity index is 0.829. The molecule has 5 N–H and O–H groups in total. The monoisotopic (exact) mass is 921 g/mol. The van der Waals surface area contributed by atoms with Gasteiger partial charge >= 0.3 is 0 Å². The van der Waals surface area contributed by atoms with Gasteiger partial charge < -0.3 is 25.8 Å². The minimum absolute atomic E-state index is 0.0116. The van der Waals surface area contributed by atoms with Crippen LogP contribution in [-0.4, -0.2) is 110 Å². The van der Waals surface area contributed by atoms with Crippen LogP contribution in [-0.2, 0) is 31.0 Å². The molecule has 2 saturated heterocycles. The summed E-state index contributed by atoms with van der Waals surface area (Å²) < 4.78 is 7.56. The van der Waals surface area contributed by atoms with E-state index in [1.807, 2.05) is 51.1 Å². The lowest BCUT2D eigenvalue weighted by molar-refractivity contribution is -0.136. The summed E-state index contributed by atoms with van der Waals surface area (Å²) in [5, 5.41) is 12.4. The van der Waals surface area contributed by atoms with Gasteiger partial charge in [0.15, 0.2) is 5.82 Å². The maximum absolute atomic E-state index is 13.8. The van der Waals surface area contributed by atoms with Gasteiger partial charge in [-0.1, -0.05) is 62.7 Å². The van der Waals surface area contributed by atoms with Crippen LogP contribution in [0.5, 0.6) is 0 Å². The normalized spacial score (nSPS) is 22.1. The van der Waals surface area contributed by atoms with E-state index in [1.165, 1.54) is 0 Å². The summed E-state index contributed by atoms with van der Waals surface area (Å²) in [6.45, 7) is 9.07. The van der Waals surface area contributed by atoms with Gasteiger partial charge in [-0.25, -0.2) is 9.97 Å². The van der Waals surface area contributed by atoms with E-state index >= 15 is 0 Å². The number of nitrogens with one attached hydrogen (secondary N) is 3. The van der Waals surface area contributed by atoms with Crippen LogP contribution in [0, 0.1) is 5.92 Å². The molecule has 68 heavy (non-hydrogen) atoms. The third kappa shape index (κ3) is 8.75. The van der Waals surface area contributed by atoms with Crippen LogP contribution in [0.15, 0.2) is 65.3 Å². The molecule has 4 aliphatic heterocycles. The summed E-state index contributed by atoms with van der Waals surface area (Å²) in [5.74, 6) is 0.291. The molecule has 1 unspecified atom stereocenters. The molecule has 1 saturated carbocycles. The number of benzene rings is 2. The SMILES string of the molecule is CC(C)(C)c1cc(NC(=O)Cc2ccc(-c3nc4n5c(cnc(N)c35)/C=C/CCN(CC3CN(c5ccc6c(c5)C(=O)N(C5CCC(=O)NC5=O)C6=O)C3)CC(=O)N[C@@H]3CCC[C@@H]4C3)cc2)no1. The topological polar surface area (TPSA) is 230 Å². The maximum Gasteiger partial charge on any atom is 0.262 e. The molecule has 3 atom stereocenters. The average molecular weight is 922 g/mol. The van der Waals surface area contributed by atoms with Gasteiger partial charge in [-0.15, -0.1) is 0 Å². The van der Waals surface area contributed by atoms with Crippen LogP contribution in [0.1, 0.15) is 115 Å². The van der Waals surface area contributed by atoms with Crippen LogP contribution in [0.3, 0.4) is 0 Å². The molecular formula is C50H55N11O7. The summed E-state index contributed by atoms with van der Waals surface area (Å²) in [6, 6.07) is 13.7. The van der Waals surface area contributed by atoms with Crippen LogP contribution >= 0.6 is 0 Å². The Morgan fingerprint density at radius 1 is 0.956 bits per heavy atom. The highest BCUT2D eigenvalue weighted by Gasteiger charge is 2.45. The van der Waals surface area contributed by atoms with Gasteiger partial charge in [-0.2, -0.15) is 0 Å². The van der Waals surface area contributed by atoms with Gasteiger partial charge in [0.2, 0.25) is 23.6 Å². The van der Waals surface area contributed by atoms with Crippen molar-refractivity contribution in [2.75, 3.05) is 48.7 Å². The third-order valence-corrected chi connectivity index (χ3v) is 13.8. The number of imidazole rings is 1. The molecule has 3 aromatic heterocycles. The highest BCUT2D eigenvalue weighted by Crippen LogP contribution is 2.39. The number of nitrogens with zero attached hydrogens (tertiary/aromatic N) is 7. The molecule has 6 amide bonds. The number of amides is 6. The van der Waals surface area contributed by atoms with Gasteiger partial charge in [0.25, 0.3) is 11.8 Å². The number of nitrogen functional groups attached to an aromatic ring is 1. The molecule has 18 heteroatoms. The maximum atomic E-state index is 13.8. The van der Waals surface area contributed by atoms with Gasteiger partial charge in [0, 0.05) is 73.2 Å². The zero-order chi connectivity index (χ0) is 47.4. The summed E-state index contributed by atoms with van der Waals surface area (Å²) in [6.07, 6.45) is 10.4. The fourth-order valence-electron chi connectivity index (χ4n) is 10.3. The van der Waals surface area contributed by atoms with E-state index < -0.39 is 29.7 Å². The highest BCUT2D eigenvalue weighted by atomic mass is 16.5. The second-order valence-corrected chi connectivity index (χ2v) is 19.8. The molecule has 7 heterocycles. The van der Waals surface area contributed by atoms with Gasteiger partial charge in [0.05, 0.1) is 36.0 Å². The van der Waals surface area contributed by atoms with Crippen molar-refractivity contribution < 1.29 is 33.3 Å². The minimum atomic E-state index is -1.02. The Bertz CT molecular complexity index is 2890. The van der Waals surface area contributed by atoms with E-state index in [4.69, 9.17) is 15.2 Å². The first-order valence-electron chi connectivity index (χ1n) is 23.5. The second-order valence-electron chi connectivity index (χ2n) is 19.8. The highest BCUT2D eigenvalue weighted by molar-refractivity contribution is 6.23. The molecule has 1 aliphatic carbocycles. The van der Waals surface area contributed by atoms with E-state index in [9.17, 15) is 28.8 Å². The number of nitrogens with two attached hydrogens (primary N) is 1. The standard InChI is InChI=1S/C50H55N11O7/c1-50(2,3)38-22-39(57-68-38)54-41(63)19-28-10-12-30(13-11-28)43-44-45(51)52-23-34-9-4-5-18-58(27-42(64)53-32-8-6-7-31(20-32)46(56-43)60(34)44)24-29-25-59(26-29)33-14-15-35-36(21-33)49(67)61(48(35)66)37-16-17-40(62)55-47(37)65/h4,9-15,21-23,29,31-32,37H,5-8,16-20,24-27H2,1-3H3,(H2,51,52)(H,53,64)(H,54,57,63)(H,55,62,65)/b9-4+/t31-,32-,37?/m1/s1. The minimum Gasteiger partial charge on any atom is -0.382 e. The smallest absolute Gasteiger partial charge is 0.262 e. The largest absolute Gasteiger partial charge is 0.382 e. The van der Waals surface area contributed by atoms with Crippen LogP contribution < -0.4 is 26.6 Å². The van der Waals surface area contributed by atoms with Gasteiger partial charge in [-0.3, -0.25) is 48.3 Å². The van der Waals surface area contributed by atoms with Gasteiger partial charge in [-0.05, 0) is 61.9 Å². The molecule has 5 aliphatic rings. The lowest BCUT2D eigenvalue weighted by Gasteiger charge is -2.43. The average Bonchev–Trinajstić information content (AvgIpc) is 4.00. The van der Waals surface area contributed by atoms with Crippen molar-refractivity contribution in [3.8, 4) is 11.3 Å². The second kappa shape index (κ2) is 17.8. The number of imide groups is 2. The molecule has 10 rings (SSSR count). The molecule has 352 valence electrons. The molecule has 3 fully saturated rings. The summed E-state index contributed by atoms with van der Waals surface area (Å²) in [4.78, 5) is 93.0. The van der Waals surface area contributed by atoms with Crippen molar-refractivity contribution in [1.82, 2.24) is 40.0 Å². The van der Waals surface area contributed by atoms with E-state index in [2.05, 4.69) is 52.4 Å². The van der Waals surface area contributed by atoms with Gasteiger partial charge in [0.1, 0.15) is 34.7 Å². The van der Waals surface area contributed by atoms with Crippen molar-refractivity contribution in [1.29, 1.82) is 0 Å². The number of anilines is 3. The summed E-state index contributed by atoms with van der Waals surface area (Å²) in [5.41, 5.74) is 11.7. The molecule has 5 aromatic rings. The van der Waals surface area contributed by atoms with Crippen molar-refractivity contribution in [2.24, 2.45) is 5.92 Å². The molecule has 0 radical (unpaired) electrons. The van der Waals surface area contributed by atoms with E-state index in [0.29, 0.717) is 61.2 Å². The van der Waals surface area contributed by atoms with Crippen molar-refractivity contribution in [2.45, 2.75) is 95.6 Å². The molecule has 18 nitrogen and oxygen atoms in total. The Labute approximate surface area is 392 Å². The van der Waals surface area contributed by atoms with Crippen molar-refractivity contribution in [3.05, 3.63) is 94.8 Å². The first kappa shape index (κ1) is 44.6. The Hall–Kier alpha value is -7.21. The molecular weight excluding hydrogens is 867 g/mol. The Kier molecular flexibility index (Phi) is 11.7. The lowest BCUT2D eigenvalue weighted by Crippen LogP contribution is -2.54. The van der Waals surface area contributed by atoms with E-state index in [1.54, 1.807) is 24.4 Å². The predicted octanol–water partition coefficient (Wildman–Crippen LogP) is 4.84. The number of hydrogen-bond acceptors (Lipinski definition) is 13. The Morgan fingerprint density at radius 2 is 1.75 bits per heavy atom. The lowest BCUT2D eigenvalue weighted by atomic mass is 9.85. The number of hydrogen-bond donors (Lipinski definition) is 4. The van der Waals surface area contributed by atoms with E-state index in [0.717, 1.165) is 58.9 Å². The third-order valence-electron chi connectivity index (χ3n) is 13.8. The van der Waals surface area contributed by atoms with Crippen LogP contribution in [0.4, 0.5) is 17.3 Å². The Morgan fingerprint density at radius 3 is 2.51 bits per heavy atom. The first-order valence-corrected chi connectivity index (χ1v) is 23.5. The predicted molar refractivity (Wildman–Crippen MR) is 252 cm³/mol. The number of carbonyl (C=O) groups excluding carboxylic acids is 6. The fourth-order valence-corrected chi connectivity index (χ4v) is 10.3. The summed E-state index contributed by atoms with van der Waals surface area (Å²) >= 11 is 0. The number of carbonyl (C=O) groups is 6. The van der Waals surface area contributed by atoms with E-state index in [-0.39, 0.29) is 72.0 Å². The zero-order valence-electron chi connectivity index (χ0n) is 38.4. The molecule has 0 spiro atoms. The first-order chi connectivity index (χ1) is 32.7. The van der Waals surface area contributed by atoms with Crippen LogP contribution in [0.25, 0.3) is 22.9 Å². The number of piperidine rings is 1. The quantitative estimate of drug-likeness (QED) is 0.153. The number of aromatic nitrogens is 4. The molecule has 2 aromatic carbocycles. The number of rotatable bonds is 8.